The van der Waals surface area contributed by atoms with Crippen molar-refractivity contribution in [2.45, 2.75) is 40.0 Å². The Morgan fingerprint density at radius 3 is 2.44 bits per heavy atom. The van der Waals surface area contributed by atoms with Crippen LogP contribution in [0.25, 0.3) is 0 Å². The summed E-state index contributed by atoms with van der Waals surface area (Å²) in [6, 6.07) is 5.25. The number of hydrogen-bond donors (Lipinski definition) is 1. The molecule has 0 saturated heterocycles. The SMILES string of the molecule is CC(C)COCNc1ccc(C(C)(C)C)c(F)c1. The number of anilines is 1. The highest BCUT2D eigenvalue weighted by Crippen LogP contribution is 2.26. The number of ether oxygens (including phenoxy) is 1. The predicted molar refractivity (Wildman–Crippen MR) is 74.4 cm³/mol. The van der Waals surface area contributed by atoms with Crippen molar-refractivity contribution in [3.8, 4) is 0 Å². The van der Waals surface area contributed by atoms with Gasteiger partial charge in [0.2, 0.25) is 0 Å². The molecule has 2 nitrogen and oxygen atoms in total. The lowest BCUT2D eigenvalue weighted by molar-refractivity contribution is 0.126. The van der Waals surface area contributed by atoms with E-state index < -0.39 is 0 Å². The molecule has 18 heavy (non-hydrogen) atoms. The van der Waals surface area contributed by atoms with Gasteiger partial charge in [-0.2, -0.15) is 0 Å². The molecule has 0 unspecified atom stereocenters. The van der Waals surface area contributed by atoms with Gasteiger partial charge >= 0.3 is 0 Å². The van der Waals surface area contributed by atoms with E-state index in [0.29, 0.717) is 19.3 Å². The number of rotatable bonds is 5. The fourth-order valence-corrected chi connectivity index (χ4v) is 1.66. The molecule has 0 bridgehead atoms. The zero-order chi connectivity index (χ0) is 13.8. The van der Waals surface area contributed by atoms with Crippen LogP contribution in [-0.2, 0) is 10.2 Å². The largest absolute Gasteiger partial charge is 0.363 e. The summed E-state index contributed by atoms with van der Waals surface area (Å²) >= 11 is 0. The number of halogens is 1. The minimum Gasteiger partial charge on any atom is -0.363 e. The lowest BCUT2D eigenvalue weighted by atomic mass is 9.86. The monoisotopic (exact) mass is 253 g/mol. The lowest BCUT2D eigenvalue weighted by Gasteiger charge is -2.20. The zero-order valence-electron chi connectivity index (χ0n) is 12.0. The fourth-order valence-electron chi connectivity index (χ4n) is 1.66. The standard InChI is InChI=1S/C15H24FNO/c1-11(2)9-18-10-17-12-6-7-13(14(16)8-12)15(3,4)5/h6-8,11,17H,9-10H2,1-5H3. The molecular formula is C15H24FNO. The van der Waals surface area contributed by atoms with Crippen molar-refractivity contribution in [2.24, 2.45) is 5.92 Å². The van der Waals surface area contributed by atoms with Crippen molar-refractivity contribution in [2.75, 3.05) is 18.7 Å². The number of nitrogens with one attached hydrogen (secondary N) is 1. The van der Waals surface area contributed by atoms with Gasteiger partial charge in [0.15, 0.2) is 0 Å². The van der Waals surface area contributed by atoms with Crippen LogP contribution in [0.5, 0.6) is 0 Å². The summed E-state index contributed by atoms with van der Waals surface area (Å²) in [4.78, 5) is 0. The molecule has 0 radical (unpaired) electrons. The molecule has 1 aromatic rings. The van der Waals surface area contributed by atoms with Gasteiger partial charge in [0.1, 0.15) is 12.5 Å². The van der Waals surface area contributed by atoms with Crippen molar-refractivity contribution < 1.29 is 9.13 Å². The molecule has 0 aromatic heterocycles. The van der Waals surface area contributed by atoms with E-state index in [9.17, 15) is 4.39 Å². The third-order valence-corrected chi connectivity index (χ3v) is 2.61. The van der Waals surface area contributed by atoms with Crippen molar-refractivity contribution in [3.63, 3.8) is 0 Å². The average Bonchev–Trinajstić information content (AvgIpc) is 2.22. The third-order valence-electron chi connectivity index (χ3n) is 2.61. The Hall–Kier alpha value is -1.09. The van der Waals surface area contributed by atoms with E-state index in [1.165, 1.54) is 6.07 Å². The van der Waals surface area contributed by atoms with E-state index in [4.69, 9.17) is 4.74 Å². The van der Waals surface area contributed by atoms with E-state index in [1.807, 2.05) is 32.9 Å². The maximum atomic E-state index is 13.9. The quantitative estimate of drug-likeness (QED) is 0.628. The van der Waals surface area contributed by atoms with Crippen LogP contribution in [0.1, 0.15) is 40.2 Å². The Balaban J connectivity index is 2.57. The fraction of sp³-hybridized carbons (Fsp3) is 0.600. The maximum Gasteiger partial charge on any atom is 0.128 e. The second kappa shape index (κ2) is 6.19. The molecule has 0 aliphatic carbocycles. The second-order valence-corrected chi connectivity index (χ2v) is 6.03. The smallest absolute Gasteiger partial charge is 0.128 e. The Labute approximate surface area is 110 Å². The van der Waals surface area contributed by atoms with Gasteiger partial charge in [-0.25, -0.2) is 4.39 Å². The van der Waals surface area contributed by atoms with Crippen LogP contribution in [-0.4, -0.2) is 13.3 Å². The minimum absolute atomic E-state index is 0.170. The highest BCUT2D eigenvalue weighted by Gasteiger charge is 2.18. The number of hydrogen-bond acceptors (Lipinski definition) is 2. The van der Waals surface area contributed by atoms with Gasteiger partial charge in [-0.3, -0.25) is 0 Å². The first-order valence-corrected chi connectivity index (χ1v) is 6.42. The molecule has 1 aromatic carbocycles. The molecule has 3 heteroatoms. The van der Waals surface area contributed by atoms with Crippen LogP contribution in [0.4, 0.5) is 10.1 Å². The van der Waals surface area contributed by atoms with Gasteiger partial charge in [0.05, 0.1) is 6.61 Å². The first-order valence-electron chi connectivity index (χ1n) is 6.42. The molecular weight excluding hydrogens is 229 g/mol. The van der Waals surface area contributed by atoms with Gasteiger partial charge in [0, 0.05) is 5.69 Å². The van der Waals surface area contributed by atoms with E-state index in [1.54, 1.807) is 0 Å². The Kier molecular flexibility index (Phi) is 5.15. The van der Waals surface area contributed by atoms with E-state index in [-0.39, 0.29) is 11.2 Å². The zero-order valence-corrected chi connectivity index (χ0v) is 12.0. The van der Waals surface area contributed by atoms with Crippen molar-refractivity contribution >= 4 is 5.69 Å². The summed E-state index contributed by atoms with van der Waals surface area (Å²) in [5, 5.41) is 3.06. The molecule has 0 aliphatic heterocycles. The molecule has 0 aliphatic rings. The van der Waals surface area contributed by atoms with Gasteiger partial charge in [0.25, 0.3) is 0 Å². The average molecular weight is 253 g/mol. The van der Waals surface area contributed by atoms with E-state index in [2.05, 4.69) is 19.2 Å². The van der Waals surface area contributed by atoms with Gasteiger partial charge < -0.3 is 10.1 Å². The molecule has 0 fully saturated rings. The predicted octanol–water partition coefficient (Wildman–Crippen LogP) is 4.17. The van der Waals surface area contributed by atoms with Gasteiger partial charge in [-0.15, -0.1) is 0 Å². The highest BCUT2D eigenvalue weighted by molar-refractivity contribution is 5.46. The Morgan fingerprint density at radius 1 is 1.28 bits per heavy atom. The van der Waals surface area contributed by atoms with Crippen molar-refractivity contribution in [1.82, 2.24) is 0 Å². The molecule has 0 heterocycles. The summed E-state index contributed by atoms with van der Waals surface area (Å²) in [6.07, 6.45) is 0. The van der Waals surface area contributed by atoms with Crippen LogP contribution in [0.2, 0.25) is 0 Å². The van der Waals surface area contributed by atoms with Crippen LogP contribution < -0.4 is 5.32 Å². The minimum atomic E-state index is -0.170. The van der Waals surface area contributed by atoms with E-state index >= 15 is 0 Å². The molecule has 0 amide bonds. The molecule has 0 saturated carbocycles. The first kappa shape index (κ1) is 15.0. The molecule has 1 rings (SSSR count). The van der Waals surface area contributed by atoms with Gasteiger partial charge in [-0.05, 0) is 29.0 Å². The summed E-state index contributed by atoms with van der Waals surface area (Å²) in [7, 11) is 0. The summed E-state index contributed by atoms with van der Waals surface area (Å²) < 4.78 is 19.3. The van der Waals surface area contributed by atoms with Crippen LogP contribution in [0.3, 0.4) is 0 Å². The summed E-state index contributed by atoms with van der Waals surface area (Å²) in [5.74, 6) is 0.336. The van der Waals surface area contributed by atoms with Crippen LogP contribution in [0.15, 0.2) is 18.2 Å². The van der Waals surface area contributed by atoms with Gasteiger partial charge in [-0.1, -0.05) is 40.7 Å². The molecule has 102 valence electrons. The Morgan fingerprint density at radius 2 is 1.94 bits per heavy atom. The first-order chi connectivity index (χ1) is 8.30. The van der Waals surface area contributed by atoms with Crippen LogP contribution in [0, 0.1) is 11.7 Å². The lowest BCUT2D eigenvalue weighted by Crippen LogP contribution is -2.14. The Bertz CT molecular complexity index is 383. The number of benzene rings is 1. The third kappa shape index (κ3) is 4.65. The molecule has 0 atom stereocenters. The normalized spacial score (nSPS) is 11.9. The molecule has 1 N–H and O–H groups in total. The topological polar surface area (TPSA) is 21.3 Å². The van der Waals surface area contributed by atoms with Crippen molar-refractivity contribution in [3.05, 3.63) is 29.6 Å². The second-order valence-electron chi connectivity index (χ2n) is 6.03. The molecule has 0 spiro atoms. The van der Waals surface area contributed by atoms with Crippen molar-refractivity contribution in [1.29, 1.82) is 0 Å². The van der Waals surface area contributed by atoms with Crippen LogP contribution >= 0.6 is 0 Å². The summed E-state index contributed by atoms with van der Waals surface area (Å²) in [5.41, 5.74) is 1.32. The highest BCUT2D eigenvalue weighted by atomic mass is 19.1. The van der Waals surface area contributed by atoms with E-state index in [0.717, 1.165) is 11.3 Å². The maximum absolute atomic E-state index is 13.9. The summed E-state index contributed by atoms with van der Waals surface area (Å²) in [6.45, 7) is 11.3.